The van der Waals surface area contributed by atoms with E-state index in [-0.39, 0.29) is 19.3 Å². The van der Waals surface area contributed by atoms with Gasteiger partial charge in [-0.3, -0.25) is 9.59 Å². The highest BCUT2D eigenvalue weighted by Crippen LogP contribution is 2.16. The summed E-state index contributed by atoms with van der Waals surface area (Å²) in [5, 5.41) is 1.91. The normalized spacial score (nSPS) is 12.6. The van der Waals surface area contributed by atoms with Crippen LogP contribution in [0.2, 0.25) is 0 Å². The highest BCUT2D eigenvalue weighted by atomic mass is 19.4. The van der Waals surface area contributed by atoms with Crippen molar-refractivity contribution in [1.82, 2.24) is 5.32 Å². The summed E-state index contributed by atoms with van der Waals surface area (Å²) in [4.78, 5) is 22.1. The average Bonchev–Trinajstić information content (AvgIpc) is 2.44. The molecule has 0 spiro atoms. The third-order valence-corrected chi connectivity index (χ3v) is 2.84. The standard InChI is InChI=1S/C14H16F3NO3/c1-21-12(19)8-7-11(18-13(20)14(15,16)17)9-10-5-3-2-4-6-10/h2-6,11H,7-9H2,1H3,(H,18,20)/t11-/m0/s1. The van der Waals surface area contributed by atoms with Crippen molar-refractivity contribution in [2.75, 3.05) is 7.11 Å². The second kappa shape index (κ2) is 7.66. The van der Waals surface area contributed by atoms with Crippen LogP contribution in [0, 0.1) is 0 Å². The molecule has 0 radical (unpaired) electrons. The largest absolute Gasteiger partial charge is 0.471 e. The molecule has 1 N–H and O–H groups in total. The van der Waals surface area contributed by atoms with Gasteiger partial charge in [-0.2, -0.15) is 13.2 Å². The fourth-order valence-electron chi connectivity index (χ4n) is 1.79. The monoisotopic (exact) mass is 303 g/mol. The second-order valence-corrected chi connectivity index (χ2v) is 4.47. The molecule has 1 aromatic carbocycles. The van der Waals surface area contributed by atoms with Crippen LogP contribution in [0.4, 0.5) is 13.2 Å². The van der Waals surface area contributed by atoms with Gasteiger partial charge in [-0.1, -0.05) is 30.3 Å². The molecule has 1 aromatic rings. The van der Waals surface area contributed by atoms with Crippen molar-refractivity contribution in [3.63, 3.8) is 0 Å². The van der Waals surface area contributed by atoms with Crippen LogP contribution >= 0.6 is 0 Å². The molecule has 1 amide bonds. The van der Waals surface area contributed by atoms with E-state index < -0.39 is 24.1 Å². The van der Waals surface area contributed by atoms with Gasteiger partial charge in [0.2, 0.25) is 0 Å². The zero-order valence-electron chi connectivity index (χ0n) is 11.4. The summed E-state index contributed by atoms with van der Waals surface area (Å²) in [6.45, 7) is 0. The summed E-state index contributed by atoms with van der Waals surface area (Å²) in [5.74, 6) is -2.54. The molecule has 0 bridgehead atoms. The van der Waals surface area contributed by atoms with Crippen molar-refractivity contribution >= 4 is 11.9 Å². The van der Waals surface area contributed by atoms with Gasteiger partial charge in [0.25, 0.3) is 0 Å². The first-order valence-corrected chi connectivity index (χ1v) is 6.31. The van der Waals surface area contributed by atoms with Gasteiger partial charge >= 0.3 is 18.1 Å². The van der Waals surface area contributed by atoms with Crippen LogP contribution in [0.5, 0.6) is 0 Å². The molecule has 0 heterocycles. The Morgan fingerprint density at radius 1 is 1.24 bits per heavy atom. The highest BCUT2D eigenvalue weighted by Gasteiger charge is 2.39. The van der Waals surface area contributed by atoms with E-state index in [0.717, 1.165) is 5.56 Å². The average molecular weight is 303 g/mol. The van der Waals surface area contributed by atoms with Crippen molar-refractivity contribution in [3.05, 3.63) is 35.9 Å². The first-order chi connectivity index (χ1) is 9.82. The number of halogens is 3. The highest BCUT2D eigenvalue weighted by molar-refractivity contribution is 5.82. The van der Waals surface area contributed by atoms with Gasteiger partial charge in [-0.25, -0.2) is 0 Å². The summed E-state index contributed by atoms with van der Waals surface area (Å²) < 4.78 is 41.4. The number of hydrogen-bond donors (Lipinski definition) is 1. The Morgan fingerprint density at radius 2 is 1.86 bits per heavy atom. The number of carbonyl (C=O) groups excluding carboxylic acids is 2. The molecule has 4 nitrogen and oxygen atoms in total. The van der Waals surface area contributed by atoms with Crippen LogP contribution in [0.25, 0.3) is 0 Å². The Bertz CT molecular complexity index is 474. The summed E-state index contributed by atoms with van der Waals surface area (Å²) in [5.41, 5.74) is 0.773. The molecule has 0 aliphatic heterocycles. The number of nitrogens with one attached hydrogen (secondary N) is 1. The number of methoxy groups -OCH3 is 1. The third kappa shape index (κ3) is 6.29. The van der Waals surface area contributed by atoms with E-state index in [0.29, 0.717) is 0 Å². The molecule has 21 heavy (non-hydrogen) atoms. The van der Waals surface area contributed by atoms with E-state index in [1.807, 2.05) is 5.32 Å². The van der Waals surface area contributed by atoms with Gasteiger partial charge in [0.05, 0.1) is 7.11 Å². The van der Waals surface area contributed by atoms with Crippen LogP contribution in [0.3, 0.4) is 0 Å². The van der Waals surface area contributed by atoms with Gasteiger partial charge in [-0.15, -0.1) is 0 Å². The lowest BCUT2D eigenvalue weighted by atomic mass is 10.0. The zero-order chi connectivity index (χ0) is 15.9. The van der Waals surface area contributed by atoms with Gasteiger partial charge in [-0.05, 0) is 18.4 Å². The van der Waals surface area contributed by atoms with Crippen molar-refractivity contribution in [2.45, 2.75) is 31.5 Å². The van der Waals surface area contributed by atoms with E-state index in [1.54, 1.807) is 30.3 Å². The molecule has 0 aliphatic rings. The van der Waals surface area contributed by atoms with Crippen LogP contribution < -0.4 is 5.32 Å². The van der Waals surface area contributed by atoms with Gasteiger partial charge in [0, 0.05) is 12.5 Å². The molecular formula is C14H16F3NO3. The molecule has 0 aromatic heterocycles. The Hall–Kier alpha value is -2.05. The smallest absolute Gasteiger partial charge is 0.469 e. The maximum atomic E-state index is 12.3. The van der Waals surface area contributed by atoms with Crippen LogP contribution in [0.1, 0.15) is 18.4 Å². The minimum Gasteiger partial charge on any atom is -0.469 e. The predicted molar refractivity (Wildman–Crippen MR) is 69.4 cm³/mol. The van der Waals surface area contributed by atoms with Crippen molar-refractivity contribution < 1.29 is 27.5 Å². The van der Waals surface area contributed by atoms with Gasteiger partial charge in [0.1, 0.15) is 0 Å². The second-order valence-electron chi connectivity index (χ2n) is 4.47. The molecule has 1 rings (SSSR count). The molecule has 0 saturated heterocycles. The first kappa shape index (κ1) is 17.0. The molecule has 7 heteroatoms. The quantitative estimate of drug-likeness (QED) is 0.820. The van der Waals surface area contributed by atoms with Crippen molar-refractivity contribution in [1.29, 1.82) is 0 Å². The van der Waals surface area contributed by atoms with E-state index in [4.69, 9.17) is 0 Å². The number of ether oxygens (including phenoxy) is 1. The van der Waals surface area contributed by atoms with E-state index in [9.17, 15) is 22.8 Å². The number of hydrogen-bond acceptors (Lipinski definition) is 3. The maximum Gasteiger partial charge on any atom is 0.471 e. The summed E-state index contributed by atoms with van der Waals surface area (Å²) >= 11 is 0. The summed E-state index contributed by atoms with van der Waals surface area (Å²) in [6.07, 6.45) is -4.73. The van der Waals surface area contributed by atoms with Crippen molar-refractivity contribution in [3.8, 4) is 0 Å². The maximum absolute atomic E-state index is 12.3. The lowest BCUT2D eigenvalue weighted by molar-refractivity contribution is -0.174. The third-order valence-electron chi connectivity index (χ3n) is 2.84. The molecule has 0 fully saturated rings. The molecule has 116 valence electrons. The predicted octanol–water partition coefficient (Wildman–Crippen LogP) is 2.23. The number of alkyl halides is 3. The number of carbonyl (C=O) groups is 2. The van der Waals surface area contributed by atoms with Gasteiger partial charge < -0.3 is 10.1 Å². The summed E-state index contributed by atoms with van der Waals surface area (Å²) in [7, 11) is 1.20. The molecule has 0 saturated carbocycles. The Balaban J connectivity index is 2.70. The molecule has 1 atom stereocenters. The van der Waals surface area contributed by atoms with E-state index >= 15 is 0 Å². The molecule has 0 aliphatic carbocycles. The zero-order valence-corrected chi connectivity index (χ0v) is 11.4. The fraction of sp³-hybridized carbons (Fsp3) is 0.429. The fourth-order valence-corrected chi connectivity index (χ4v) is 1.79. The van der Waals surface area contributed by atoms with Crippen LogP contribution in [-0.2, 0) is 20.7 Å². The SMILES string of the molecule is COC(=O)CC[C@@H](Cc1ccccc1)NC(=O)C(F)(F)F. The number of rotatable bonds is 6. The minimum atomic E-state index is -4.94. The molecule has 0 unspecified atom stereocenters. The van der Waals surface area contributed by atoms with Gasteiger partial charge in [0.15, 0.2) is 0 Å². The Morgan fingerprint density at radius 3 is 2.38 bits per heavy atom. The van der Waals surface area contributed by atoms with E-state index in [1.165, 1.54) is 7.11 Å². The first-order valence-electron chi connectivity index (χ1n) is 6.31. The minimum absolute atomic E-state index is 0.0634. The lowest BCUT2D eigenvalue weighted by Crippen LogP contribution is -2.44. The Labute approximate surface area is 120 Å². The number of benzene rings is 1. The lowest BCUT2D eigenvalue weighted by Gasteiger charge is -2.19. The van der Waals surface area contributed by atoms with Crippen LogP contribution in [-0.4, -0.2) is 31.2 Å². The summed E-state index contributed by atoms with van der Waals surface area (Å²) in [6, 6.07) is 7.97. The van der Waals surface area contributed by atoms with E-state index in [2.05, 4.69) is 4.74 Å². The Kier molecular flexibility index (Phi) is 6.20. The number of esters is 1. The van der Waals surface area contributed by atoms with Crippen molar-refractivity contribution in [2.24, 2.45) is 0 Å². The molecular weight excluding hydrogens is 287 g/mol. The number of amides is 1. The topological polar surface area (TPSA) is 55.4 Å². The van der Waals surface area contributed by atoms with Crippen LogP contribution in [0.15, 0.2) is 30.3 Å².